The first-order valence-corrected chi connectivity index (χ1v) is 4.50. The van der Waals surface area contributed by atoms with E-state index in [4.69, 9.17) is 25.4 Å². The van der Waals surface area contributed by atoms with E-state index >= 15 is 0 Å². The summed E-state index contributed by atoms with van der Waals surface area (Å²) in [4.78, 5) is 0. The van der Waals surface area contributed by atoms with Crippen LogP contribution in [0.3, 0.4) is 0 Å². The maximum absolute atomic E-state index is 7.25. The normalized spacial score (nSPS) is 12.6. The molecule has 0 saturated heterocycles. The number of rotatable bonds is 3. The molecule has 0 unspecified atom stereocenters. The summed E-state index contributed by atoms with van der Waals surface area (Å²) in [7, 11) is 1.57. The zero-order chi connectivity index (χ0) is 10.8. The molecule has 3 N–H and O–H groups in total. The first-order valence-electron chi connectivity index (χ1n) is 4.50. The summed E-state index contributed by atoms with van der Waals surface area (Å²) in [6.07, 6.45) is 0.347. The van der Waals surface area contributed by atoms with E-state index in [1.54, 1.807) is 19.2 Å². The fraction of sp³-hybridized carbons (Fsp3) is 0.300. The van der Waals surface area contributed by atoms with Gasteiger partial charge in [0.05, 0.1) is 12.9 Å². The van der Waals surface area contributed by atoms with Crippen molar-refractivity contribution in [1.82, 2.24) is 0 Å². The molecule has 0 saturated carbocycles. The average molecular weight is 208 g/mol. The van der Waals surface area contributed by atoms with Gasteiger partial charge in [0.2, 0.25) is 6.79 Å². The molecule has 80 valence electrons. The highest BCUT2D eigenvalue weighted by Gasteiger charge is 2.17. The predicted molar refractivity (Wildman–Crippen MR) is 54.7 cm³/mol. The molecule has 0 spiro atoms. The van der Waals surface area contributed by atoms with Crippen molar-refractivity contribution in [2.45, 2.75) is 6.42 Å². The van der Waals surface area contributed by atoms with E-state index in [0.29, 0.717) is 23.7 Å². The van der Waals surface area contributed by atoms with Crippen LogP contribution >= 0.6 is 0 Å². The molecule has 1 aliphatic rings. The lowest BCUT2D eigenvalue weighted by atomic mass is 10.1. The Bertz CT molecular complexity index is 404. The second-order valence-electron chi connectivity index (χ2n) is 3.22. The molecule has 0 amide bonds. The molecule has 1 aromatic rings. The quantitative estimate of drug-likeness (QED) is 0.571. The number of nitrogens with one attached hydrogen (secondary N) is 1. The summed E-state index contributed by atoms with van der Waals surface area (Å²) in [5.74, 6) is 2.09. The summed E-state index contributed by atoms with van der Waals surface area (Å²) in [6.45, 7) is 0.224. The molecule has 1 aromatic carbocycles. The lowest BCUT2D eigenvalue weighted by Gasteiger charge is -2.08. The Kier molecular flexibility index (Phi) is 2.37. The lowest BCUT2D eigenvalue weighted by molar-refractivity contribution is 0.174. The van der Waals surface area contributed by atoms with E-state index in [-0.39, 0.29) is 12.6 Å². The zero-order valence-electron chi connectivity index (χ0n) is 8.37. The predicted octanol–water partition coefficient (Wildman–Crippen LogP) is 0.902. The molecule has 2 rings (SSSR count). The van der Waals surface area contributed by atoms with Crippen molar-refractivity contribution in [2.24, 2.45) is 5.73 Å². The van der Waals surface area contributed by atoms with Gasteiger partial charge >= 0.3 is 0 Å². The van der Waals surface area contributed by atoms with E-state index in [9.17, 15) is 0 Å². The van der Waals surface area contributed by atoms with E-state index in [2.05, 4.69) is 0 Å². The molecule has 1 aliphatic heterocycles. The van der Waals surface area contributed by atoms with Gasteiger partial charge in [0.1, 0.15) is 5.75 Å². The minimum absolute atomic E-state index is 0.0900. The van der Waals surface area contributed by atoms with Crippen molar-refractivity contribution in [1.29, 1.82) is 5.41 Å². The molecule has 5 heteroatoms. The van der Waals surface area contributed by atoms with E-state index in [0.717, 1.165) is 5.56 Å². The maximum Gasteiger partial charge on any atom is 0.231 e. The molecule has 0 aromatic heterocycles. The van der Waals surface area contributed by atoms with Crippen molar-refractivity contribution in [3.05, 3.63) is 17.7 Å². The largest absolute Gasteiger partial charge is 0.496 e. The number of hydrogen-bond donors (Lipinski definition) is 2. The molecule has 0 bridgehead atoms. The third kappa shape index (κ3) is 1.81. The topological polar surface area (TPSA) is 77.6 Å². The van der Waals surface area contributed by atoms with Crippen LogP contribution in [0.1, 0.15) is 5.56 Å². The van der Waals surface area contributed by atoms with E-state index in [1.807, 2.05) is 0 Å². The Morgan fingerprint density at radius 3 is 2.73 bits per heavy atom. The monoisotopic (exact) mass is 208 g/mol. The number of amidine groups is 1. The first-order chi connectivity index (χ1) is 7.20. The van der Waals surface area contributed by atoms with Gasteiger partial charge in [-0.3, -0.25) is 5.41 Å². The highest BCUT2D eigenvalue weighted by Crippen LogP contribution is 2.38. The number of nitrogens with two attached hydrogens (primary N) is 1. The molecule has 0 atom stereocenters. The van der Waals surface area contributed by atoms with Gasteiger partial charge in [-0.2, -0.15) is 0 Å². The lowest BCUT2D eigenvalue weighted by Crippen LogP contribution is -2.13. The fourth-order valence-electron chi connectivity index (χ4n) is 1.50. The Morgan fingerprint density at radius 2 is 2.13 bits per heavy atom. The summed E-state index contributed by atoms with van der Waals surface area (Å²) < 4.78 is 15.6. The third-order valence-corrected chi connectivity index (χ3v) is 2.16. The Hall–Kier alpha value is -1.91. The van der Waals surface area contributed by atoms with Crippen molar-refractivity contribution < 1.29 is 14.2 Å². The summed E-state index contributed by atoms with van der Waals surface area (Å²) in [5.41, 5.74) is 6.18. The number of benzene rings is 1. The van der Waals surface area contributed by atoms with Crippen molar-refractivity contribution in [3.63, 3.8) is 0 Å². The van der Waals surface area contributed by atoms with Gasteiger partial charge in [0.15, 0.2) is 11.5 Å². The maximum atomic E-state index is 7.25. The van der Waals surface area contributed by atoms with Gasteiger partial charge in [-0.05, 0) is 6.07 Å². The van der Waals surface area contributed by atoms with Crippen LogP contribution in [0.4, 0.5) is 0 Å². The van der Waals surface area contributed by atoms with Crippen molar-refractivity contribution in [2.75, 3.05) is 13.9 Å². The summed E-state index contributed by atoms with van der Waals surface area (Å²) >= 11 is 0. The van der Waals surface area contributed by atoms with Crippen LogP contribution in [0.25, 0.3) is 0 Å². The van der Waals surface area contributed by atoms with Crippen LogP contribution in [0.15, 0.2) is 12.1 Å². The van der Waals surface area contributed by atoms with Gasteiger partial charge in [-0.1, -0.05) is 0 Å². The van der Waals surface area contributed by atoms with Crippen molar-refractivity contribution >= 4 is 5.84 Å². The van der Waals surface area contributed by atoms with Crippen LogP contribution in [0, 0.1) is 5.41 Å². The summed E-state index contributed by atoms with van der Waals surface area (Å²) in [6, 6.07) is 3.54. The highest BCUT2D eigenvalue weighted by molar-refractivity contribution is 5.80. The van der Waals surface area contributed by atoms with Gasteiger partial charge < -0.3 is 19.9 Å². The molecule has 0 aliphatic carbocycles. The highest BCUT2D eigenvalue weighted by atomic mass is 16.7. The van der Waals surface area contributed by atoms with Crippen LogP contribution in [0.5, 0.6) is 17.2 Å². The molecule has 1 heterocycles. The summed E-state index contributed by atoms with van der Waals surface area (Å²) in [5, 5.41) is 7.25. The average Bonchev–Trinajstić information content (AvgIpc) is 2.62. The Balaban J connectivity index is 2.39. The van der Waals surface area contributed by atoms with Gasteiger partial charge in [-0.15, -0.1) is 0 Å². The van der Waals surface area contributed by atoms with Crippen LogP contribution in [0.2, 0.25) is 0 Å². The fourth-order valence-corrected chi connectivity index (χ4v) is 1.50. The molecule has 5 nitrogen and oxygen atoms in total. The first kappa shape index (κ1) is 9.64. The van der Waals surface area contributed by atoms with Gasteiger partial charge in [-0.25, -0.2) is 0 Å². The third-order valence-electron chi connectivity index (χ3n) is 2.16. The second kappa shape index (κ2) is 3.68. The van der Waals surface area contributed by atoms with E-state index in [1.165, 1.54) is 0 Å². The van der Waals surface area contributed by atoms with Gasteiger partial charge in [0, 0.05) is 18.1 Å². The number of ether oxygens (including phenoxy) is 3. The van der Waals surface area contributed by atoms with Crippen molar-refractivity contribution in [3.8, 4) is 17.2 Å². The zero-order valence-corrected chi connectivity index (χ0v) is 8.37. The standard InChI is InChI=1S/C10H12N2O3/c1-13-7-4-9-8(14-5-15-9)2-6(7)3-10(11)12/h2,4H,3,5H2,1H3,(H3,11,12). The molecule has 0 fully saturated rings. The smallest absolute Gasteiger partial charge is 0.231 e. The number of fused-ring (bicyclic) bond motifs is 1. The molecule has 0 radical (unpaired) electrons. The number of hydrogen-bond acceptors (Lipinski definition) is 4. The minimum Gasteiger partial charge on any atom is -0.496 e. The Labute approximate surface area is 87.3 Å². The van der Waals surface area contributed by atoms with E-state index < -0.39 is 0 Å². The van der Waals surface area contributed by atoms with Crippen LogP contribution < -0.4 is 19.9 Å². The van der Waals surface area contributed by atoms with Crippen LogP contribution in [-0.2, 0) is 6.42 Å². The minimum atomic E-state index is 0.0900. The Morgan fingerprint density at radius 1 is 1.47 bits per heavy atom. The SMILES string of the molecule is COc1cc2c(cc1CC(=N)N)OCO2. The van der Waals surface area contributed by atoms with Gasteiger partial charge in [0.25, 0.3) is 0 Å². The number of methoxy groups -OCH3 is 1. The molecular formula is C10H12N2O3. The second-order valence-corrected chi connectivity index (χ2v) is 3.22. The molecular weight excluding hydrogens is 196 g/mol. The van der Waals surface area contributed by atoms with Crippen LogP contribution in [-0.4, -0.2) is 19.7 Å². The molecule has 15 heavy (non-hydrogen) atoms.